The highest BCUT2D eigenvalue weighted by Gasteiger charge is 2.34. The second-order valence-corrected chi connectivity index (χ2v) is 3.49. The van der Waals surface area contributed by atoms with Crippen LogP contribution in [0, 0.1) is 18.2 Å². The van der Waals surface area contributed by atoms with Gasteiger partial charge in [-0.3, -0.25) is 5.32 Å². The predicted molar refractivity (Wildman–Crippen MR) is 58.2 cm³/mol. The van der Waals surface area contributed by atoms with Gasteiger partial charge in [-0.1, -0.05) is 18.1 Å². The summed E-state index contributed by atoms with van der Waals surface area (Å²) in [5, 5.41) is 11.9. The van der Waals surface area contributed by atoms with Crippen molar-refractivity contribution in [3.8, 4) is 12.3 Å². The molecule has 0 aliphatic rings. The van der Waals surface area contributed by atoms with E-state index in [0.29, 0.717) is 5.56 Å². The summed E-state index contributed by atoms with van der Waals surface area (Å²) in [6, 6.07) is 5.28. The van der Waals surface area contributed by atoms with E-state index in [-0.39, 0.29) is 6.54 Å². The van der Waals surface area contributed by atoms with E-state index in [2.05, 4.69) is 11.2 Å². The molecule has 1 aromatic rings. The fourth-order valence-electron chi connectivity index (χ4n) is 1.31. The Balaban J connectivity index is 3.07. The van der Waals surface area contributed by atoms with Gasteiger partial charge in [-0.15, -0.1) is 6.42 Å². The van der Waals surface area contributed by atoms with Gasteiger partial charge in [-0.25, -0.2) is 9.18 Å². The van der Waals surface area contributed by atoms with Crippen LogP contribution in [-0.2, 0) is 10.3 Å². The third-order valence-corrected chi connectivity index (χ3v) is 2.39. The highest BCUT2D eigenvalue weighted by Crippen LogP contribution is 2.21. The first-order valence-corrected chi connectivity index (χ1v) is 4.68. The quantitative estimate of drug-likeness (QED) is 0.754. The van der Waals surface area contributed by atoms with Gasteiger partial charge in [-0.05, 0) is 24.6 Å². The van der Waals surface area contributed by atoms with Crippen LogP contribution in [0.15, 0.2) is 24.3 Å². The number of nitrogens with one attached hydrogen (secondary N) is 1. The third-order valence-electron chi connectivity index (χ3n) is 2.39. The van der Waals surface area contributed by atoms with E-state index in [1.807, 2.05) is 0 Å². The molecule has 0 radical (unpaired) electrons. The molecule has 0 heterocycles. The van der Waals surface area contributed by atoms with Crippen molar-refractivity contribution >= 4 is 5.97 Å². The molecule has 0 spiro atoms. The van der Waals surface area contributed by atoms with Gasteiger partial charge in [0.1, 0.15) is 11.4 Å². The highest BCUT2D eigenvalue weighted by atomic mass is 19.1. The van der Waals surface area contributed by atoms with E-state index in [1.54, 1.807) is 0 Å². The number of carboxylic acid groups (broad SMARTS) is 1. The van der Waals surface area contributed by atoms with Gasteiger partial charge in [0.2, 0.25) is 0 Å². The SMILES string of the molecule is C#CCNC(C)(C(=O)O)c1ccc(F)cc1. The van der Waals surface area contributed by atoms with Gasteiger partial charge >= 0.3 is 5.97 Å². The van der Waals surface area contributed by atoms with Crippen molar-refractivity contribution in [3.05, 3.63) is 35.6 Å². The minimum absolute atomic E-state index is 0.125. The zero-order chi connectivity index (χ0) is 12.2. The summed E-state index contributed by atoms with van der Waals surface area (Å²) in [5.41, 5.74) is -0.850. The molecular formula is C12H12FNO2. The van der Waals surface area contributed by atoms with Crippen LogP contribution in [0.2, 0.25) is 0 Å². The first kappa shape index (κ1) is 12.2. The predicted octanol–water partition coefficient (Wildman–Crippen LogP) is 1.35. The second kappa shape index (κ2) is 4.77. The zero-order valence-electron chi connectivity index (χ0n) is 8.83. The normalized spacial score (nSPS) is 13.8. The fraction of sp³-hybridized carbons (Fsp3) is 0.250. The van der Waals surface area contributed by atoms with Gasteiger partial charge < -0.3 is 5.11 Å². The number of halogens is 1. The molecule has 0 bridgehead atoms. The number of hydrogen-bond donors (Lipinski definition) is 2. The largest absolute Gasteiger partial charge is 0.480 e. The Kier molecular flexibility index (Phi) is 3.64. The molecule has 0 aliphatic heterocycles. The van der Waals surface area contributed by atoms with Crippen molar-refractivity contribution in [3.63, 3.8) is 0 Å². The number of aliphatic carboxylic acids is 1. The molecule has 0 aromatic heterocycles. The molecule has 1 unspecified atom stereocenters. The molecule has 84 valence electrons. The van der Waals surface area contributed by atoms with Crippen molar-refractivity contribution in [1.82, 2.24) is 5.32 Å². The first-order chi connectivity index (χ1) is 7.50. The van der Waals surface area contributed by atoms with Crippen molar-refractivity contribution in [1.29, 1.82) is 0 Å². The number of terminal acetylenes is 1. The summed E-state index contributed by atoms with van der Waals surface area (Å²) in [6.45, 7) is 1.61. The van der Waals surface area contributed by atoms with Crippen LogP contribution in [0.25, 0.3) is 0 Å². The summed E-state index contributed by atoms with van der Waals surface area (Å²) in [6.07, 6.45) is 5.07. The lowest BCUT2D eigenvalue weighted by Gasteiger charge is -2.25. The molecule has 0 saturated heterocycles. The van der Waals surface area contributed by atoms with Crippen molar-refractivity contribution in [2.75, 3.05) is 6.54 Å². The molecule has 4 heteroatoms. The van der Waals surface area contributed by atoms with E-state index in [1.165, 1.54) is 31.2 Å². The van der Waals surface area contributed by atoms with Crippen molar-refractivity contribution in [2.45, 2.75) is 12.5 Å². The summed E-state index contributed by atoms with van der Waals surface area (Å²) in [5.74, 6) is 0.841. The molecular weight excluding hydrogens is 209 g/mol. The molecule has 1 atom stereocenters. The Hall–Kier alpha value is -1.86. The molecule has 0 fully saturated rings. The summed E-state index contributed by atoms with van der Waals surface area (Å²) < 4.78 is 12.7. The lowest BCUT2D eigenvalue weighted by molar-refractivity contribution is -0.144. The van der Waals surface area contributed by atoms with Gasteiger partial charge in [0, 0.05) is 0 Å². The molecule has 16 heavy (non-hydrogen) atoms. The van der Waals surface area contributed by atoms with Gasteiger partial charge in [0.25, 0.3) is 0 Å². The van der Waals surface area contributed by atoms with Crippen molar-refractivity contribution in [2.24, 2.45) is 0 Å². The Bertz CT molecular complexity index is 422. The average molecular weight is 221 g/mol. The fourth-order valence-corrected chi connectivity index (χ4v) is 1.31. The molecule has 2 N–H and O–H groups in total. The topological polar surface area (TPSA) is 49.3 Å². The van der Waals surface area contributed by atoms with Gasteiger partial charge in [-0.2, -0.15) is 0 Å². The van der Waals surface area contributed by atoms with Crippen LogP contribution in [0.1, 0.15) is 12.5 Å². The van der Waals surface area contributed by atoms with Gasteiger partial charge in [0.15, 0.2) is 0 Å². The van der Waals surface area contributed by atoms with Crippen molar-refractivity contribution < 1.29 is 14.3 Å². The maximum absolute atomic E-state index is 12.7. The lowest BCUT2D eigenvalue weighted by Crippen LogP contribution is -2.46. The standard InChI is InChI=1S/C12H12FNO2/c1-3-8-14-12(2,11(15)16)9-4-6-10(13)7-5-9/h1,4-7,14H,8H2,2H3,(H,15,16). The number of rotatable bonds is 4. The Labute approximate surface area is 93.3 Å². The molecule has 0 amide bonds. The van der Waals surface area contributed by atoms with Gasteiger partial charge in [0.05, 0.1) is 6.54 Å². The number of hydrogen-bond acceptors (Lipinski definition) is 2. The summed E-state index contributed by atoms with van der Waals surface area (Å²) >= 11 is 0. The number of benzene rings is 1. The van der Waals surface area contributed by atoms with E-state index >= 15 is 0 Å². The molecule has 3 nitrogen and oxygen atoms in total. The monoisotopic (exact) mass is 221 g/mol. The highest BCUT2D eigenvalue weighted by molar-refractivity contribution is 5.80. The van der Waals surface area contributed by atoms with E-state index in [9.17, 15) is 9.18 Å². The third kappa shape index (κ3) is 2.38. The maximum atomic E-state index is 12.7. The number of carboxylic acids is 1. The Morgan fingerprint density at radius 2 is 2.12 bits per heavy atom. The second-order valence-electron chi connectivity index (χ2n) is 3.49. The Morgan fingerprint density at radius 1 is 1.56 bits per heavy atom. The van der Waals surface area contributed by atoms with Crippen LogP contribution in [0.3, 0.4) is 0 Å². The molecule has 0 saturated carbocycles. The smallest absolute Gasteiger partial charge is 0.328 e. The van der Waals surface area contributed by atoms with E-state index in [0.717, 1.165) is 0 Å². The first-order valence-electron chi connectivity index (χ1n) is 4.68. The molecule has 1 aromatic carbocycles. The van der Waals surface area contributed by atoms with E-state index < -0.39 is 17.3 Å². The van der Waals surface area contributed by atoms with Crippen LogP contribution in [0.4, 0.5) is 4.39 Å². The van der Waals surface area contributed by atoms with E-state index in [4.69, 9.17) is 11.5 Å². The van der Waals surface area contributed by atoms with Crippen LogP contribution >= 0.6 is 0 Å². The molecule has 0 aliphatic carbocycles. The lowest BCUT2D eigenvalue weighted by atomic mass is 9.92. The Morgan fingerprint density at radius 3 is 2.56 bits per heavy atom. The number of carbonyl (C=O) groups is 1. The average Bonchev–Trinajstić information content (AvgIpc) is 2.26. The summed E-state index contributed by atoms with van der Waals surface area (Å²) in [4.78, 5) is 11.2. The summed E-state index contributed by atoms with van der Waals surface area (Å²) in [7, 11) is 0. The van der Waals surface area contributed by atoms with Crippen LogP contribution < -0.4 is 5.32 Å². The van der Waals surface area contributed by atoms with Crippen LogP contribution in [-0.4, -0.2) is 17.6 Å². The minimum Gasteiger partial charge on any atom is -0.480 e. The maximum Gasteiger partial charge on any atom is 0.328 e. The molecule has 1 rings (SSSR count). The zero-order valence-corrected chi connectivity index (χ0v) is 8.83. The van der Waals surface area contributed by atoms with Crippen LogP contribution in [0.5, 0.6) is 0 Å². The minimum atomic E-state index is -1.31.